The van der Waals surface area contributed by atoms with Crippen LogP contribution in [-0.2, 0) is 0 Å². The van der Waals surface area contributed by atoms with Crippen LogP contribution in [0.5, 0.6) is 0 Å². The van der Waals surface area contributed by atoms with E-state index < -0.39 is 0 Å². The third kappa shape index (κ3) is 3.00. The molecule has 0 fully saturated rings. The Labute approximate surface area is 114 Å². The second-order valence-electron chi connectivity index (χ2n) is 3.33. The molecule has 1 heterocycles. The average molecular weight is 285 g/mol. The molecule has 0 radical (unpaired) electrons. The van der Waals surface area contributed by atoms with Crippen molar-refractivity contribution < 1.29 is 0 Å². The molecule has 0 aliphatic heterocycles. The quantitative estimate of drug-likeness (QED) is 0.822. The standard InChI is InChI=1S/C12H10Cl2N2S/c1-2-5-15-12-16-11(7-17-12)9-6-8(13)3-4-10(9)14/h2-4,6-7H,1,5H2,(H,15,16). The minimum Gasteiger partial charge on any atom is -0.358 e. The fourth-order valence-electron chi connectivity index (χ4n) is 1.33. The van der Waals surface area contributed by atoms with Gasteiger partial charge in [-0.1, -0.05) is 29.3 Å². The summed E-state index contributed by atoms with van der Waals surface area (Å²) in [6.07, 6.45) is 1.79. The highest BCUT2D eigenvalue weighted by atomic mass is 35.5. The van der Waals surface area contributed by atoms with Crippen molar-refractivity contribution in [2.45, 2.75) is 0 Å². The molecule has 1 aromatic carbocycles. The summed E-state index contributed by atoms with van der Waals surface area (Å²) in [5.74, 6) is 0. The van der Waals surface area contributed by atoms with Crippen molar-refractivity contribution in [2.75, 3.05) is 11.9 Å². The SMILES string of the molecule is C=CCNc1nc(-c2cc(Cl)ccc2Cl)cs1. The van der Waals surface area contributed by atoms with Gasteiger partial charge in [-0.2, -0.15) is 0 Å². The van der Waals surface area contributed by atoms with E-state index in [0.717, 1.165) is 16.4 Å². The Morgan fingerprint density at radius 1 is 1.41 bits per heavy atom. The summed E-state index contributed by atoms with van der Waals surface area (Å²) < 4.78 is 0. The molecule has 0 atom stereocenters. The van der Waals surface area contributed by atoms with Gasteiger partial charge in [-0.15, -0.1) is 17.9 Å². The first-order valence-electron chi connectivity index (χ1n) is 4.96. The molecule has 0 saturated carbocycles. The molecule has 88 valence electrons. The van der Waals surface area contributed by atoms with Gasteiger partial charge in [-0.25, -0.2) is 4.98 Å². The van der Waals surface area contributed by atoms with E-state index in [4.69, 9.17) is 23.2 Å². The maximum Gasteiger partial charge on any atom is 0.183 e. The fourth-order valence-corrected chi connectivity index (χ4v) is 2.44. The number of hydrogen-bond acceptors (Lipinski definition) is 3. The maximum atomic E-state index is 6.11. The van der Waals surface area contributed by atoms with E-state index in [2.05, 4.69) is 16.9 Å². The molecule has 0 bridgehead atoms. The van der Waals surface area contributed by atoms with Crippen molar-refractivity contribution in [3.8, 4) is 11.3 Å². The Bertz CT molecular complexity index is 537. The number of benzene rings is 1. The molecule has 0 amide bonds. The van der Waals surface area contributed by atoms with Crippen molar-refractivity contribution in [1.29, 1.82) is 0 Å². The van der Waals surface area contributed by atoms with E-state index in [1.165, 1.54) is 11.3 Å². The first kappa shape index (κ1) is 12.4. The molecule has 0 saturated heterocycles. The zero-order valence-corrected chi connectivity index (χ0v) is 11.2. The molecule has 17 heavy (non-hydrogen) atoms. The Morgan fingerprint density at radius 3 is 3.00 bits per heavy atom. The lowest BCUT2D eigenvalue weighted by Crippen LogP contribution is -1.96. The highest BCUT2D eigenvalue weighted by Gasteiger charge is 2.08. The van der Waals surface area contributed by atoms with Crippen molar-refractivity contribution in [1.82, 2.24) is 4.98 Å². The van der Waals surface area contributed by atoms with Crippen LogP contribution in [0.25, 0.3) is 11.3 Å². The highest BCUT2D eigenvalue weighted by molar-refractivity contribution is 7.14. The molecular weight excluding hydrogens is 275 g/mol. The summed E-state index contributed by atoms with van der Waals surface area (Å²) in [4.78, 5) is 4.44. The zero-order valence-electron chi connectivity index (χ0n) is 8.91. The second kappa shape index (κ2) is 5.54. The van der Waals surface area contributed by atoms with Gasteiger partial charge in [0.25, 0.3) is 0 Å². The number of nitrogens with one attached hydrogen (secondary N) is 1. The lowest BCUT2D eigenvalue weighted by molar-refractivity contribution is 1.29. The van der Waals surface area contributed by atoms with Gasteiger partial charge in [0.1, 0.15) is 0 Å². The molecule has 0 aliphatic carbocycles. The molecule has 2 aromatic rings. The Morgan fingerprint density at radius 2 is 2.24 bits per heavy atom. The Balaban J connectivity index is 2.30. The molecule has 1 aromatic heterocycles. The topological polar surface area (TPSA) is 24.9 Å². The molecular formula is C12H10Cl2N2S. The number of nitrogens with zero attached hydrogens (tertiary/aromatic N) is 1. The number of aromatic nitrogens is 1. The fraction of sp³-hybridized carbons (Fsp3) is 0.0833. The van der Waals surface area contributed by atoms with Crippen LogP contribution in [0.15, 0.2) is 36.2 Å². The minimum absolute atomic E-state index is 0.648. The van der Waals surface area contributed by atoms with E-state index in [-0.39, 0.29) is 0 Å². The van der Waals surface area contributed by atoms with Crippen LogP contribution in [0.2, 0.25) is 10.0 Å². The monoisotopic (exact) mass is 284 g/mol. The first-order valence-corrected chi connectivity index (χ1v) is 6.60. The van der Waals surface area contributed by atoms with Gasteiger partial charge in [0.2, 0.25) is 0 Å². The first-order chi connectivity index (χ1) is 8.20. The number of halogens is 2. The van der Waals surface area contributed by atoms with Gasteiger partial charge >= 0.3 is 0 Å². The summed E-state index contributed by atoms with van der Waals surface area (Å²) in [5, 5.41) is 7.22. The number of hydrogen-bond donors (Lipinski definition) is 1. The largest absolute Gasteiger partial charge is 0.358 e. The van der Waals surface area contributed by atoms with Crippen LogP contribution in [0.4, 0.5) is 5.13 Å². The highest BCUT2D eigenvalue weighted by Crippen LogP contribution is 2.32. The van der Waals surface area contributed by atoms with E-state index in [1.54, 1.807) is 18.2 Å². The van der Waals surface area contributed by atoms with Crippen molar-refractivity contribution in [2.24, 2.45) is 0 Å². The van der Waals surface area contributed by atoms with Crippen LogP contribution < -0.4 is 5.32 Å². The van der Waals surface area contributed by atoms with Crippen LogP contribution >= 0.6 is 34.5 Å². The Kier molecular flexibility index (Phi) is 4.05. The molecule has 0 spiro atoms. The smallest absolute Gasteiger partial charge is 0.183 e. The third-order valence-corrected chi connectivity index (χ3v) is 3.47. The summed E-state index contributed by atoms with van der Waals surface area (Å²) in [5.41, 5.74) is 1.68. The van der Waals surface area contributed by atoms with Crippen LogP contribution in [-0.4, -0.2) is 11.5 Å². The molecule has 1 N–H and O–H groups in total. The minimum atomic E-state index is 0.648. The van der Waals surface area contributed by atoms with Crippen molar-refractivity contribution in [3.05, 3.63) is 46.3 Å². The molecule has 0 aliphatic rings. The van der Waals surface area contributed by atoms with Crippen LogP contribution in [0.3, 0.4) is 0 Å². The van der Waals surface area contributed by atoms with Gasteiger partial charge in [-0.05, 0) is 18.2 Å². The van der Waals surface area contributed by atoms with E-state index in [1.807, 2.05) is 11.4 Å². The lowest BCUT2D eigenvalue weighted by Gasteiger charge is -2.01. The van der Waals surface area contributed by atoms with E-state index in [0.29, 0.717) is 16.6 Å². The van der Waals surface area contributed by atoms with Gasteiger partial charge < -0.3 is 5.32 Å². The summed E-state index contributed by atoms with van der Waals surface area (Å²) in [7, 11) is 0. The molecule has 0 unspecified atom stereocenters. The second-order valence-corrected chi connectivity index (χ2v) is 5.03. The normalized spacial score (nSPS) is 10.2. The average Bonchev–Trinajstić information content (AvgIpc) is 2.78. The summed E-state index contributed by atoms with van der Waals surface area (Å²) in [6, 6.07) is 5.35. The maximum absolute atomic E-state index is 6.11. The lowest BCUT2D eigenvalue weighted by atomic mass is 10.2. The van der Waals surface area contributed by atoms with E-state index in [9.17, 15) is 0 Å². The van der Waals surface area contributed by atoms with Gasteiger partial charge in [-0.3, -0.25) is 0 Å². The summed E-state index contributed by atoms with van der Waals surface area (Å²) >= 11 is 13.6. The predicted molar refractivity (Wildman–Crippen MR) is 76.3 cm³/mol. The van der Waals surface area contributed by atoms with Crippen LogP contribution in [0, 0.1) is 0 Å². The Hall–Kier alpha value is -1.03. The van der Waals surface area contributed by atoms with Crippen molar-refractivity contribution in [3.63, 3.8) is 0 Å². The van der Waals surface area contributed by atoms with E-state index >= 15 is 0 Å². The predicted octanol–water partition coefficient (Wildman–Crippen LogP) is 4.71. The third-order valence-electron chi connectivity index (χ3n) is 2.11. The van der Waals surface area contributed by atoms with Gasteiger partial charge in [0.15, 0.2) is 5.13 Å². The number of thiazole rings is 1. The zero-order chi connectivity index (χ0) is 12.3. The summed E-state index contributed by atoms with van der Waals surface area (Å²) in [6.45, 7) is 4.33. The van der Waals surface area contributed by atoms with Crippen molar-refractivity contribution >= 4 is 39.7 Å². The van der Waals surface area contributed by atoms with Crippen LogP contribution in [0.1, 0.15) is 0 Å². The molecule has 2 rings (SSSR count). The number of anilines is 1. The molecule has 5 heteroatoms. The number of rotatable bonds is 4. The van der Waals surface area contributed by atoms with Gasteiger partial charge in [0.05, 0.1) is 10.7 Å². The van der Waals surface area contributed by atoms with Gasteiger partial charge in [0, 0.05) is 22.5 Å². The molecule has 2 nitrogen and oxygen atoms in total.